The monoisotopic (exact) mass is 310 g/mol. The van der Waals surface area contributed by atoms with Gasteiger partial charge in [0.05, 0.1) is 0 Å². The van der Waals surface area contributed by atoms with Crippen LogP contribution in [0.25, 0.3) is 21.7 Å². The summed E-state index contributed by atoms with van der Waals surface area (Å²) in [7, 11) is 4.33. The predicted octanol–water partition coefficient (Wildman–Crippen LogP) is 3.48. The zero-order valence-corrected chi connectivity index (χ0v) is 15.9. The Morgan fingerprint density at radius 1 is 0.722 bits per heavy atom. The Kier molecular flexibility index (Phi) is 6.28. The van der Waals surface area contributed by atoms with Crippen LogP contribution < -0.4 is 51.4 Å². The molecular formula is C14H10KP3. The van der Waals surface area contributed by atoms with Crippen LogP contribution in [-0.4, -0.2) is 0 Å². The van der Waals surface area contributed by atoms with Crippen LogP contribution in [0.15, 0.2) is 60.7 Å². The molecule has 82 valence electrons. The summed E-state index contributed by atoms with van der Waals surface area (Å²) in [4.78, 5) is 0. The molecule has 0 aliphatic heterocycles. The van der Waals surface area contributed by atoms with Crippen molar-refractivity contribution in [3.8, 4) is 21.7 Å². The Bertz CT molecular complexity index is 551. The van der Waals surface area contributed by atoms with Gasteiger partial charge in [-0.2, -0.15) is 0 Å². The summed E-state index contributed by atoms with van der Waals surface area (Å²) in [6.07, 6.45) is 0. The van der Waals surface area contributed by atoms with Crippen LogP contribution >= 0.6 is 23.3 Å². The van der Waals surface area contributed by atoms with Gasteiger partial charge in [-0.15, -0.1) is 0 Å². The zero-order valence-electron chi connectivity index (χ0n) is 10.1. The minimum atomic E-state index is 0. The number of hydrogen-bond donors (Lipinski definition) is 0. The average Bonchev–Trinajstić information content (AvgIpc) is 2.90. The standard InChI is InChI=1S/C14H10P3.K/c1-3-7-11(8-4-1)13-14(16-17-15-13)12-9-5-2-6-10-12;/h1-10H;/q-1;+1. The Labute approximate surface area is 155 Å². The molecule has 0 N–H and O–H groups in total. The molecule has 0 radical (unpaired) electrons. The third-order valence-corrected chi connectivity index (χ3v) is 7.67. The van der Waals surface area contributed by atoms with Crippen LogP contribution in [0.2, 0.25) is 0 Å². The third-order valence-electron chi connectivity index (χ3n) is 2.61. The van der Waals surface area contributed by atoms with E-state index in [-0.39, 0.29) is 51.4 Å². The first-order chi connectivity index (χ1) is 8.45. The molecule has 3 rings (SSSR count). The maximum atomic E-state index is 2.21. The minimum Gasteiger partial charge on any atom is -0.272 e. The van der Waals surface area contributed by atoms with Gasteiger partial charge in [-0.05, 0) is 11.1 Å². The fourth-order valence-corrected chi connectivity index (χ4v) is 7.74. The first-order valence-electron chi connectivity index (χ1n) is 5.42. The van der Waals surface area contributed by atoms with Crippen molar-refractivity contribution < 1.29 is 51.4 Å². The van der Waals surface area contributed by atoms with Gasteiger partial charge in [-0.3, -0.25) is 15.7 Å². The molecule has 0 saturated carbocycles. The zero-order chi connectivity index (χ0) is 11.5. The van der Waals surface area contributed by atoms with Crippen molar-refractivity contribution in [2.45, 2.75) is 0 Å². The van der Waals surface area contributed by atoms with Crippen LogP contribution in [-0.2, 0) is 0 Å². The maximum Gasteiger partial charge on any atom is 1.00 e. The van der Waals surface area contributed by atoms with E-state index in [1.807, 2.05) is 0 Å². The molecule has 4 heteroatoms. The van der Waals surface area contributed by atoms with E-state index in [1.165, 1.54) is 45.0 Å². The summed E-state index contributed by atoms with van der Waals surface area (Å²) in [6.45, 7) is 0. The van der Waals surface area contributed by atoms with Gasteiger partial charge in [0, 0.05) is 0 Å². The minimum absolute atomic E-state index is 0. The first kappa shape index (κ1) is 15.1. The van der Waals surface area contributed by atoms with E-state index in [0.717, 1.165) is 0 Å². The van der Waals surface area contributed by atoms with Gasteiger partial charge in [0.15, 0.2) is 0 Å². The summed E-state index contributed by atoms with van der Waals surface area (Å²) in [5.74, 6) is 0. The fourth-order valence-electron chi connectivity index (χ4n) is 1.79. The molecule has 0 saturated heterocycles. The van der Waals surface area contributed by atoms with Crippen molar-refractivity contribution in [3.63, 3.8) is 0 Å². The van der Waals surface area contributed by atoms with Crippen LogP contribution in [0.5, 0.6) is 0 Å². The second-order valence-corrected chi connectivity index (χ2v) is 8.54. The molecular weight excluding hydrogens is 300 g/mol. The molecule has 0 aliphatic rings. The Morgan fingerprint density at radius 3 is 1.89 bits per heavy atom. The number of rotatable bonds is 2. The predicted molar refractivity (Wildman–Crippen MR) is 80.4 cm³/mol. The molecule has 0 fully saturated rings. The van der Waals surface area contributed by atoms with Gasteiger partial charge in [0.25, 0.3) is 0 Å². The van der Waals surface area contributed by atoms with Crippen molar-refractivity contribution >= 4 is 23.3 Å². The molecule has 0 spiro atoms. The van der Waals surface area contributed by atoms with E-state index < -0.39 is 0 Å². The van der Waals surface area contributed by atoms with E-state index >= 15 is 0 Å². The van der Waals surface area contributed by atoms with E-state index in [2.05, 4.69) is 60.7 Å². The second-order valence-electron chi connectivity index (χ2n) is 3.72. The first-order valence-corrected chi connectivity index (χ1v) is 9.51. The molecule has 0 aliphatic carbocycles. The number of hydrogen-bond acceptors (Lipinski definition) is 0. The van der Waals surface area contributed by atoms with Gasteiger partial charge < -0.3 is 0 Å². The molecule has 0 amide bonds. The molecule has 0 unspecified atom stereocenters. The van der Waals surface area contributed by atoms with Gasteiger partial charge in [-0.25, -0.2) is 7.55 Å². The molecule has 1 heterocycles. The molecule has 18 heavy (non-hydrogen) atoms. The number of benzene rings is 2. The van der Waals surface area contributed by atoms with Crippen LogP contribution in [0.3, 0.4) is 0 Å². The van der Waals surface area contributed by atoms with Crippen molar-refractivity contribution in [2.75, 3.05) is 0 Å². The van der Waals surface area contributed by atoms with Crippen molar-refractivity contribution in [1.82, 2.24) is 0 Å². The van der Waals surface area contributed by atoms with Crippen LogP contribution in [0.1, 0.15) is 0 Å². The molecule has 3 aromatic rings. The van der Waals surface area contributed by atoms with Gasteiger partial charge in [0.1, 0.15) is 0 Å². The van der Waals surface area contributed by atoms with E-state index in [9.17, 15) is 0 Å². The van der Waals surface area contributed by atoms with Gasteiger partial charge in [-0.1, -0.05) is 71.3 Å². The largest absolute Gasteiger partial charge is 1.00 e. The van der Waals surface area contributed by atoms with E-state index in [1.54, 1.807) is 0 Å². The SMILES string of the molecule is [K+].c1ccc(-c2pp[p-]c2-c2ccccc2)cc1. The van der Waals surface area contributed by atoms with Crippen molar-refractivity contribution in [3.05, 3.63) is 60.7 Å². The topological polar surface area (TPSA) is 0 Å². The van der Waals surface area contributed by atoms with Crippen molar-refractivity contribution in [1.29, 1.82) is 0 Å². The van der Waals surface area contributed by atoms with E-state index in [0.29, 0.717) is 0 Å². The molecule has 0 atom stereocenters. The van der Waals surface area contributed by atoms with Crippen molar-refractivity contribution in [2.24, 2.45) is 0 Å². The third kappa shape index (κ3) is 3.43. The molecule has 2 aromatic carbocycles. The summed E-state index contributed by atoms with van der Waals surface area (Å²) < 4.78 is 0. The van der Waals surface area contributed by atoms with Crippen LogP contribution in [0.4, 0.5) is 0 Å². The quantitative estimate of drug-likeness (QED) is 0.636. The molecule has 1 aromatic heterocycles. The van der Waals surface area contributed by atoms with Crippen LogP contribution in [0, 0.1) is 0 Å². The summed E-state index contributed by atoms with van der Waals surface area (Å²) in [5.41, 5.74) is 2.73. The smallest absolute Gasteiger partial charge is 0.272 e. The van der Waals surface area contributed by atoms with E-state index in [4.69, 9.17) is 0 Å². The Balaban J connectivity index is 0.00000120. The Morgan fingerprint density at radius 2 is 1.28 bits per heavy atom. The Hall–Kier alpha value is 0.716. The van der Waals surface area contributed by atoms with Gasteiger partial charge >= 0.3 is 51.4 Å². The summed E-state index contributed by atoms with van der Waals surface area (Å²) in [6, 6.07) is 21.5. The fraction of sp³-hybridized carbons (Fsp3) is 0. The summed E-state index contributed by atoms with van der Waals surface area (Å²) in [5, 5.41) is 2.97. The average molecular weight is 310 g/mol. The second kappa shape index (κ2) is 7.49. The van der Waals surface area contributed by atoms with Gasteiger partial charge in [0.2, 0.25) is 0 Å². The normalized spacial score (nSPS) is 11.1. The molecule has 0 nitrogen and oxygen atoms in total. The summed E-state index contributed by atoms with van der Waals surface area (Å²) >= 11 is 0. The molecule has 0 bridgehead atoms. The maximum absolute atomic E-state index is 2.21.